The second kappa shape index (κ2) is 7.64. The molecule has 2 heterocycles. The van der Waals surface area contributed by atoms with Crippen LogP contribution < -0.4 is 4.74 Å². The fourth-order valence-electron chi connectivity index (χ4n) is 2.37. The van der Waals surface area contributed by atoms with Crippen LogP contribution in [0.2, 0.25) is 0 Å². The van der Waals surface area contributed by atoms with Crippen LogP contribution in [0.15, 0.2) is 47.2 Å². The first-order valence-electron chi connectivity index (χ1n) is 7.82. The van der Waals surface area contributed by atoms with Crippen molar-refractivity contribution in [2.75, 3.05) is 20.7 Å². The lowest BCUT2D eigenvalue weighted by Gasteiger charge is -2.13. The van der Waals surface area contributed by atoms with Crippen LogP contribution in [-0.2, 0) is 16.1 Å². The van der Waals surface area contributed by atoms with E-state index in [-0.39, 0.29) is 18.8 Å². The lowest BCUT2D eigenvalue weighted by molar-refractivity contribution is -0.141. The van der Waals surface area contributed by atoms with Crippen LogP contribution in [0.1, 0.15) is 16.2 Å². The van der Waals surface area contributed by atoms with Crippen LogP contribution in [0.5, 0.6) is 5.75 Å². The third-order valence-corrected chi connectivity index (χ3v) is 3.73. The van der Waals surface area contributed by atoms with E-state index in [9.17, 15) is 9.59 Å². The lowest BCUT2D eigenvalue weighted by Crippen LogP contribution is -2.32. The van der Waals surface area contributed by atoms with Crippen molar-refractivity contribution < 1.29 is 23.6 Å². The van der Waals surface area contributed by atoms with Crippen molar-refractivity contribution >= 4 is 22.6 Å². The monoisotopic (exact) mass is 355 g/mol. The van der Waals surface area contributed by atoms with Gasteiger partial charge in [-0.2, -0.15) is 0 Å². The number of carbonyl (C=O) groups is 2. The standard InChI is InChI=1S/C18H17N3O5/c1-21(10-17(22)24-2)18(23)15-8-13(26-20-15)11-25-16-5-3-4-12-9-19-7-6-14(12)16/h3-9H,10-11H2,1-2H3. The molecule has 0 unspecified atom stereocenters. The molecule has 0 saturated heterocycles. The summed E-state index contributed by atoms with van der Waals surface area (Å²) in [6.45, 7) is -0.0551. The van der Waals surface area contributed by atoms with Gasteiger partial charge in [0.1, 0.15) is 18.9 Å². The Morgan fingerprint density at radius 3 is 2.92 bits per heavy atom. The number of ether oxygens (including phenoxy) is 2. The van der Waals surface area contributed by atoms with Crippen molar-refractivity contribution in [1.82, 2.24) is 15.0 Å². The van der Waals surface area contributed by atoms with Gasteiger partial charge >= 0.3 is 5.97 Å². The Morgan fingerprint density at radius 1 is 1.27 bits per heavy atom. The molecule has 2 aromatic heterocycles. The molecule has 0 aliphatic rings. The van der Waals surface area contributed by atoms with Crippen molar-refractivity contribution in [3.63, 3.8) is 0 Å². The fraction of sp³-hybridized carbons (Fsp3) is 0.222. The van der Waals surface area contributed by atoms with Gasteiger partial charge in [0.15, 0.2) is 11.5 Å². The summed E-state index contributed by atoms with van der Waals surface area (Å²) < 4.78 is 15.5. The number of nitrogens with zero attached hydrogens (tertiary/aromatic N) is 3. The molecule has 0 N–H and O–H groups in total. The highest BCUT2D eigenvalue weighted by atomic mass is 16.5. The van der Waals surface area contributed by atoms with Gasteiger partial charge in [-0.15, -0.1) is 0 Å². The molecule has 1 aromatic carbocycles. The molecular weight excluding hydrogens is 338 g/mol. The van der Waals surface area contributed by atoms with E-state index in [1.807, 2.05) is 24.3 Å². The number of methoxy groups -OCH3 is 1. The molecule has 0 atom stereocenters. The zero-order valence-corrected chi connectivity index (χ0v) is 14.3. The Morgan fingerprint density at radius 2 is 2.12 bits per heavy atom. The molecule has 8 heteroatoms. The molecule has 0 radical (unpaired) electrons. The summed E-state index contributed by atoms with van der Waals surface area (Å²) >= 11 is 0. The van der Waals surface area contributed by atoms with E-state index in [4.69, 9.17) is 9.26 Å². The minimum atomic E-state index is -0.515. The van der Waals surface area contributed by atoms with E-state index in [0.29, 0.717) is 11.5 Å². The van der Waals surface area contributed by atoms with Crippen LogP contribution in [0.25, 0.3) is 10.8 Å². The summed E-state index contributed by atoms with van der Waals surface area (Å²) in [4.78, 5) is 28.7. The molecule has 26 heavy (non-hydrogen) atoms. The quantitative estimate of drug-likeness (QED) is 0.625. The molecule has 1 amide bonds. The van der Waals surface area contributed by atoms with Gasteiger partial charge in [0.25, 0.3) is 5.91 Å². The topological polar surface area (TPSA) is 94.8 Å². The van der Waals surface area contributed by atoms with Crippen LogP contribution in [0.3, 0.4) is 0 Å². The highest BCUT2D eigenvalue weighted by Crippen LogP contribution is 2.25. The number of fused-ring (bicyclic) bond motifs is 1. The van der Waals surface area contributed by atoms with E-state index < -0.39 is 11.9 Å². The highest BCUT2D eigenvalue weighted by molar-refractivity contribution is 5.94. The van der Waals surface area contributed by atoms with Crippen LogP contribution in [-0.4, -0.2) is 47.6 Å². The molecule has 3 aromatic rings. The number of likely N-dealkylation sites (N-methyl/N-ethyl adjacent to an activating group) is 1. The van der Waals surface area contributed by atoms with Crippen LogP contribution >= 0.6 is 0 Å². The maximum Gasteiger partial charge on any atom is 0.325 e. The van der Waals surface area contributed by atoms with Gasteiger partial charge in [-0.1, -0.05) is 17.3 Å². The summed E-state index contributed by atoms with van der Waals surface area (Å²) in [5, 5.41) is 5.62. The third-order valence-electron chi connectivity index (χ3n) is 3.73. The Balaban J connectivity index is 1.67. The lowest BCUT2D eigenvalue weighted by atomic mass is 10.1. The zero-order valence-electron chi connectivity index (χ0n) is 14.3. The molecular formula is C18H17N3O5. The number of hydrogen-bond donors (Lipinski definition) is 0. The Hall–Kier alpha value is -3.42. The van der Waals surface area contributed by atoms with Crippen LogP contribution in [0, 0.1) is 0 Å². The highest BCUT2D eigenvalue weighted by Gasteiger charge is 2.19. The van der Waals surface area contributed by atoms with Gasteiger partial charge in [0, 0.05) is 36.3 Å². The van der Waals surface area contributed by atoms with Gasteiger partial charge in [0.2, 0.25) is 0 Å². The summed E-state index contributed by atoms with van der Waals surface area (Å²) in [5.41, 5.74) is 0.0946. The van der Waals surface area contributed by atoms with Crippen molar-refractivity contribution in [3.8, 4) is 5.75 Å². The second-order valence-corrected chi connectivity index (χ2v) is 5.56. The number of amides is 1. The maximum absolute atomic E-state index is 12.2. The summed E-state index contributed by atoms with van der Waals surface area (Å²) in [7, 11) is 2.74. The molecule has 0 aliphatic heterocycles. The smallest absolute Gasteiger partial charge is 0.325 e. The Kier molecular flexibility index (Phi) is 5.12. The second-order valence-electron chi connectivity index (χ2n) is 5.56. The largest absolute Gasteiger partial charge is 0.485 e. The Labute approximate surface area is 149 Å². The number of hydrogen-bond acceptors (Lipinski definition) is 7. The summed E-state index contributed by atoms with van der Waals surface area (Å²) in [6, 6.07) is 9.01. The number of esters is 1. The van der Waals surface area contributed by atoms with Gasteiger partial charge < -0.3 is 18.9 Å². The van der Waals surface area contributed by atoms with Gasteiger partial charge in [-0.3, -0.25) is 14.6 Å². The minimum Gasteiger partial charge on any atom is -0.485 e. The van der Waals surface area contributed by atoms with E-state index in [2.05, 4.69) is 14.9 Å². The number of carbonyl (C=O) groups excluding carboxylic acids is 2. The van der Waals surface area contributed by atoms with Gasteiger partial charge in [-0.05, 0) is 12.1 Å². The molecule has 0 fully saturated rings. The van der Waals surface area contributed by atoms with Crippen molar-refractivity contribution in [2.45, 2.75) is 6.61 Å². The average Bonchev–Trinajstić information content (AvgIpc) is 3.14. The summed E-state index contributed by atoms with van der Waals surface area (Å²) in [5.74, 6) is 0.114. The first kappa shape index (κ1) is 17.4. The maximum atomic E-state index is 12.2. The molecule has 0 aliphatic carbocycles. The van der Waals surface area contributed by atoms with Crippen molar-refractivity contribution in [1.29, 1.82) is 0 Å². The molecule has 0 spiro atoms. The van der Waals surface area contributed by atoms with Crippen molar-refractivity contribution in [2.24, 2.45) is 0 Å². The van der Waals surface area contributed by atoms with Gasteiger partial charge in [0.05, 0.1) is 7.11 Å². The average molecular weight is 355 g/mol. The van der Waals surface area contributed by atoms with E-state index in [1.54, 1.807) is 12.4 Å². The number of rotatable bonds is 6. The third kappa shape index (κ3) is 3.80. The molecule has 134 valence electrons. The number of pyridine rings is 1. The first-order valence-corrected chi connectivity index (χ1v) is 7.82. The summed E-state index contributed by atoms with van der Waals surface area (Å²) in [6.07, 6.45) is 3.45. The number of benzene rings is 1. The molecule has 8 nitrogen and oxygen atoms in total. The molecule has 0 bridgehead atoms. The number of aromatic nitrogens is 2. The predicted molar refractivity (Wildman–Crippen MR) is 91.6 cm³/mol. The van der Waals surface area contributed by atoms with Crippen molar-refractivity contribution in [3.05, 3.63) is 54.2 Å². The van der Waals surface area contributed by atoms with E-state index >= 15 is 0 Å². The SMILES string of the molecule is COC(=O)CN(C)C(=O)c1cc(COc2cccc3cnccc23)on1. The van der Waals surface area contributed by atoms with E-state index in [0.717, 1.165) is 10.8 Å². The van der Waals surface area contributed by atoms with Crippen LogP contribution in [0.4, 0.5) is 0 Å². The normalized spacial score (nSPS) is 10.5. The van der Waals surface area contributed by atoms with Gasteiger partial charge in [-0.25, -0.2) is 0 Å². The van der Waals surface area contributed by atoms with E-state index in [1.165, 1.54) is 25.1 Å². The predicted octanol–water partition coefficient (Wildman–Crippen LogP) is 2.05. The minimum absolute atomic E-state index is 0.0946. The molecule has 3 rings (SSSR count). The zero-order chi connectivity index (χ0) is 18.5. The molecule has 0 saturated carbocycles. The Bertz CT molecular complexity index is 932. The fourth-order valence-corrected chi connectivity index (χ4v) is 2.37. The first-order chi connectivity index (χ1) is 12.6.